The molecule has 0 radical (unpaired) electrons. The molecule has 1 aliphatic rings. The van der Waals surface area contributed by atoms with Gasteiger partial charge in [-0.15, -0.1) is 12.4 Å². The molecule has 18 heavy (non-hydrogen) atoms. The van der Waals surface area contributed by atoms with Crippen molar-refractivity contribution in [1.82, 2.24) is 16.0 Å². The maximum atomic E-state index is 12.0. The van der Waals surface area contributed by atoms with Crippen molar-refractivity contribution < 1.29 is 9.59 Å². The SMILES string of the molecule is CCCNC(=O)CNC(=O)C1(CC)CCCN1.Cl. The molecule has 1 saturated heterocycles. The number of carbonyl (C=O) groups is 2. The molecule has 0 spiro atoms. The first kappa shape index (κ1) is 17.2. The third-order valence-corrected chi connectivity index (χ3v) is 3.26. The van der Waals surface area contributed by atoms with Gasteiger partial charge in [0, 0.05) is 6.54 Å². The van der Waals surface area contributed by atoms with Crippen LogP contribution in [-0.4, -0.2) is 37.0 Å². The molecule has 0 aromatic heterocycles. The lowest BCUT2D eigenvalue weighted by molar-refractivity contribution is -0.130. The standard InChI is InChI=1S/C12H23N3O2.ClH/c1-3-7-13-10(16)9-14-11(17)12(4-2)6-5-8-15-12;/h15H,3-9H2,1-2H3,(H,13,16)(H,14,17);1H. The zero-order chi connectivity index (χ0) is 12.7. The molecule has 2 amide bonds. The fraction of sp³-hybridized carbons (Fsp3) is 0.833. The number of hydrogen-bond acceptors (Lipinski definition) is 3. The molecule has 0 aromatic rings. The summed E-state index contributed by atoms with van der Waals surface area (Å²) in [6.45, 7) is 5.60. The van der Waals surface area contributed by atoms with Crippen LogP contribution in [0.5, 0.6) is 0 Å². The van der Waals surface area contributed by atoms with Crippen LogP contribution in [0.25, 0.3) is 0 Å². The van der Waals surface area contributed by atoms with E-state index in [0.29, 0.717) is 6.54 Å². The van der Waals surface area contributed by atoms with Crippen molar-refractivity contribution in [3.63, 3.8) is 0 Å². The predicted octanol–water partition coefficient (Wildman–Crippen LogP) is 0.583. The molecule has 1 rings (SSSR count). The number of halogens is 1. The van der Waals surface area contributed by atoms with E-state index < -0.39 is 5.54 Å². The Bertz CT molecular complexity index is 278. The summed E-state index contributed by atoms with van der Waals surface area (Å²) in [5.74, 6) is -0.173. The highest BCUT2D eigenvalue weighted by molar-refractivity contribution is 5.90. The molecule has 6 heteroatoms. The number of hydrogen-bond donors (Lipinski definition) is 3. The van der Waals surface area contributed by atoms with Gasteiger partial charge in [-0.05, 0) is 32.2 Å². The van der Waals surface area contributed by atoms with E-state index in [2.05, 4.69) is 16.0 Å². The predicted molar refractivity (Wildman–Crippen MR) is 73.8 cm³/mol. The average Bonchev–Trinajstić information content (AvgIpc) is 2.83. The second-order valence-corrected chi connectivity index (χ2v) is 4.50. The smallest absolute Gasteiger partial charge is 0.240 e. The molecule has 0 aromatic carbocycles. The van der Waals surface area contributed by atoms with Gasteiger partial charge in [0.1, 0.15) is 0 Å². The molecule has 1 unspecified atom stereocenters. The van der Waals surface area contributed by atoms with Crippen LogP contribution >= 0.6 is 12.4 Å². The summed E-state index contributed by atoms with van der Waals surface area (Å²) < 4.78 is 0. The Morgan fingerprint density at radius 1 is 1.28 bits per heavy atom. The van der Waals surface area contributed by atoms with Gasteiger partial charge in [-0.25, -0.2) is 0 Å². The molecular formula is C12H24ClN3O2. The summed E-state index contributed by atoms with van der Waals surface area (Å²) in [4.78, 5) is 23.4. The normalized spacial score (nSPS) is 22.1. The van der Waals surface area contributed by atoms with Crippen molar-refractivity contribution >= 4 is 24.2 Å². The molecule has 106 valence electrons. The van der Waals surface area contributed by atoms with Crippen LogP contribution < -0.4 is 16.0 Å². The molecule has 1 heterocycles. The van der Waals surface area contributed by atoms with E-state index in [1.54, 1.807) is 0 Å². The van der Waals surface area contributed by atoms with Gasteiger partial charge < -0.3 is 16.0 Å². The van der Waals surface area contributed by atoms with Crippen molar-refractivity contribution in [3.05, 3.63) is 0 Å². The Balaban J connectivity index is 0.00000289. The summed E-state index contributed by atoms with van der Waals surface area (Å²) in [5, 5.41) is 8.69. The lowest BCUT2D eigenvalue weighted by Crippen LogP contribution is -2.54. The lowest BCUT2D eigenvalue weighted by Gasteiger charge is -2.26. The van der Waals surface area contributed by atoms with Crippen LogP contribution in [0.4, 0.5) is 0 Å². The lowest BCUT2D eigenvalue weighted by atomic mass is 9.93. The molecule has 1 aliphatic heterocycles. The van der Waals surface area contributed by atoms with E-state index in [1.807, 2.05) is 13.8 Å². The Morgan fingerprint density at radius 2 is 2.00 bits per heavy atom. The Hall–Kier alpha value is -0.810. The first-order chi connectivity index (χ1) is 8.14. The van der Waals surface area contributed by atoms with Gasteiger partial charge in [-0.2, -0.15) is 0 Å². The minimum Gasteiger partial charge on any atom is -0.355 e. The highest BCUT2D eigenvalue weighted by Crippen LogP contribution is 2.22. The molecule has 0 aliphatic carbocycles. The summed E-state index contributed by atoms with van der Waals surface area (Å²) in [6.07, 6.45) is 3.53. The second-order valence-electron chi connectivity index (χ2n) is 4.50. The summed E-state index contributed by atoms with van der Waals surface area (Å²) >= 11 is 0. The zero-order valence-corrected chi connectivity index (χ0v) is 12.0. The average molecular weight is 278 g/mol. The quantitative estimate of drug-likeness (QED) is 0.665. The van der Waals surface area contributed by atoms with Gasteiger partial charge in [0.2, 0.25) is 11.8 Å². The van der Waals surface area contributed by atoms with Crippen LogP contribution in [0.1, 0.15) is 39.5 Å². The third-order valence-electron chi connectivity index (χ3n) is 3.26. The van der Waals surface area contributed by atoms with Gasteiger partial charge >= 0.3 is 0 Å². The molecule has 1 atom stereocenters. The number of rotatable bonds is 6. The third kappa shape index (κ3) is 4.46. The van der Waals surface area contributed by atoms with Crippen LogP contribution in [-0.2, 0) is 9.59 Å². The number of nitrogens with one attached hydrogen (secondary N) is 3. The monoisotopic (exact) mass is 277 g/mol. The summed E-state index contributed by atoms with van der Waals surface area (Å²) in [7, 11) is 0. The first-order valence-electron chi connectivity index (χ1n) is 6.44. The topological polar surface area (TPSA) is 70.2 Å². The highest BCUT2D eigenvalue weighted by atomic mass is 35.5. The van der Waals surface area contributed by atoms with E-state index in [0.717, 1.165) is 32.2 Å². The van der Waals surface area contributed by atoms with Crippen molar-refractivity contribution in [2.24, 2.45) is 0 Å². The Labute approximate surface area is 115 Å². The summed E-state index contributed by atoms with van der Waals surface area (Å²) in [6, 6.07) is 0. The van der Waals surface area contributed by atoms with Crippen molar-refractivity contribution in [2.45, 2.75) is 45.1 Å². The molecule has 0 bridgehead atoms. The van der Waals surface area contributed by atoms with E-state index in [1.165, 1.54) is 0 Å². The molecule has 0 saturated carbocycles. The second kappa shape index (κ2) is 8.32. The largest absolute Gasteiger partial charge is 0.355 e. The fourth-order valence-corrected chi connectivity index (χ4v) is 2.12. The van der Waals surface area contributed by atoms with Gasteiger partial charge in [0.25, 0.3) is 0 Å². The van der Waals surface area contributed by atoms with Crippen molar-refractivity contribution in [1.29, 1.82) is 0 Å². The molecule has 3 N–H and O–H groups in total. The molecule has 1 fully saturated rings. The maximum absolute atomic E-state index is 12.0. The van der Waals surface area contributed by atoms with Gasteiger partial charge in [-0.1, -0.05) is 13.8 Å². The van der Waals surface area contributed by atoms with Crippen molar-refractivity contribution in [2.75, 3.05) is 19.6 Å². The molecular weight excluding hydrogens is 254 g/mol. The summed E-state index contributed by atoms with van der Waals surface area (Å²) in [5.41, 5.74) is -0.453. The Morgan fingerprint density at radius 3 is 2.50 bits per heavy atom. The van der Waals surface area contributed by atoms with Crippen LogP contribution in [0.2, 0.25) is 0 Å². The van der Waals surface area contributed by atoms with E-state index >= 15 is 0 Å². The molecule has 5 nitrogen and oxygen atoms in total. The van der Waals surface area contributed by atoms with Crippen LogP contribution in [0, 0.1) is 0 Å². The van der Waals surface area contributed by atoms with Gasteiger partial charge in [0.05, 0.1) is 12.1 Å². The maximum Gasteiger partial charge on any atom is 0.240 e. The van der Waals surface area contributed by atoms with E-state index in [4.69, 9.17) is 0 Å². The minimum absolute atomic E-state index is 0. The zero-order valence-electron chi connectivity index (χ0n) is 11.2. The van der Waals surface area contributed by atoms with E-state index in [9.17, 15) is 9.59 Å². The van der Waals surface area contributed by atoms with Crippen molar-refractivity contribution in [3.8, 4) is 0 Å². The highest BCUT2D eigenvalue weighted by Gasteiger charge is 2.38. The Kier molecular flexibility index (Phi) is 7.95. The van der Waals surface area contributed by atoms with Crippen LogP contribution in [0.15, 0.2) is 0 Å². The van der Waals surface area contributed by atoms with Gasteiger partial charge in [0.15, 0.2) is 0 Å². The fourth-order valence-electron chi connectivity index (χ4n) is 2.12. The first-order valence-corrected chi connectivity index (χ1v) is 6.44. The van der Waals surface area contributed by atoms with Gasteiger partial charge in [-0.3, -0.25) is 9.59 Å². The van der Waals surface area contributed by atoms with Crippen LogP contribution in [0.3, 0.4) is 0 Å². The van der Waals surface area contributed by atoms with E-state index in [-0.39, 0.29) is 30.8 Å². The number of amides is 2. The number of carbonyl (C=O) groups excluding carboxylic acids is 2. The minimum atomic E-state index is -0.453.